The number of para-hydroxylation sites is 1. The Bertz CT molecular complexity index is 602. The molecule has 0 atom stereocenters. The zero-order chi connectivity index (χ0) is 15.6. The summed E-state index contributed by atoms with van der Waals surface area (Å²) in [5.74, 6) is 0.0357. The van der Waals surface area contributed by atoms with Crippen LogP contribution in [0.1, 0.15) is 31.7 Å². The van der Waals surface area contributed by atoms with Crippen LogP contribution < -0.4 is 5.32 Å². The van der Waals surface area contributed by atoms with Gasteiger partial charge in [0.1, 0.15) is 0 Å². The van der Waals surface area contributed by atoms with Crippen LogP contribution in [0.2, 0.25) is 0 Å². The molecule has 2 aromatic rings. The molecule has 0 aromatic heterocycles. The van der Waals surface area contributed by atoms with Crippen molar-refractivity contribution in [2.75, 3.05) is 5.32 Å². The minimum Gasteiger partial charge on any atom is -0.326 e. The van der Waals surface area contributed by atoms with Gasteiger partial charge in [0.2, 0.25) is 5.91 Å². The lowest BCUT2D eigenvalue weighted by atomic mass is 10.0. The highest BCUT2D eigenvalue weighted by molar-refractivity contribution is 5.91. The Kier molecular flexibility index (Phi) is 6.43. The highest BCUT2D eigenvalue weighted by Gasteiger charge is 2.00. The summed E-state index contributed by atoms with van der Waals surface area (Å²) < 4.78 is 0. The lowest BCUT2D eigenvalue weighted by molar-refractivity contribution is -0.115. The summed E-state index contributed by atoms with van der Waals surface area (Å²) in [4.78, 5) is 11.9. The third-order valence-corrected chi connectivity index (χ3v) is 3.57. The molecule has 1 N–H and O–H groups in total. The summed E-state index contributed by atoms with van der Waals surface area (Å²) in [7, 11) is 0. The smallest absolute Gasteiger partial charge is 0.228 e. The summed E-state index contributed by atoms with van der Waals surface area (Å²) in [6.45, 7) is 2.10. The fourth-order valence-corrected chi connectivity index (χ4v) is 2.32. The molecule has 0 fully saturated rings. The van der Waals surface area contributed by atoms with E-state index in [1.54, 1.807) is 0 Å². The molecule has 0 radical (unpaired) electrons. The molecular formula is C20H23NO. The van der Waals surface area contributed by atoms with Crippen LogP contribution in [0.25, 0.3) is 0 Å². The molecule has 2 nitrogen and oxygen atoms in total. The first-order chi connectivity index (χ1) is 10.7. The summed E-state index contributed by atoms with van der Waals surface area (Å²) >= 11 is 0. The molecule has 0 spiro atoms. The van der Waals surface area contributed by atoms with Gasteiger partial charge in [0, 0.05) is 12.1 Å². The monoisotopic (exact) mass is 293 g/mol. The Hall–Kier alpha value is -2.35. The molecule has 1 amide bonds. The van der Waals surface area contributed by atoms with E-state index >= 15 is 0 Å². The second kappa shape index (κ2) is 8.83. The average molecular weight is 293 g/mol. The van der Waals surface area contributed by atoms with E-state index in [0.29, 0.717) is 6.42 Å². The zero-order valence-corrected chi connectivity index (χ0v) is 13.1. The normalized spacial score (nSPS) is 11.2. The van der Waals surface area contributed by atoms with Crippen LogP contribution in [-0.4, -0.2) is 5.91 Å². The van der Waals surface area contributed by atoms with Gasteiger partial charge in [-0.1, -0.05) is 60.2 Å². The molecule has 0 aliphatic rings. The predicted molar refractivity (Wildman–Crippen MR) is 92.8 cm³/mol. The van der Waals surface area contributed by atoms with Crippen molar-refractivity contribution in [3.63, 3.8) is 0 Å². The Balaban J connectivity index is 1.69. The standard InChI is InChI=1S/C20H23NO/c1-17(9-8-12-18-10-4-2-5-11-18)15-16-20(22)21-19-13-6-3-7-14-19/h2-7,10-11,13-15H,8-9,12,16H2,1H3,(H,21,22)/b17-15+. The second-order valence-electron chi connectivity index (χ2n) is 5.51. The summed E-state index contributed by atoms with van der Waals surface area (Å²) in [5, 5.41) is 2.90. The van der Waals surface area contributed by atoms with E-state index < -0.39 is 0 Å². The maximum Gasteiger partial charge on any atom is 0.228 e. The van der Waals surface area contributed by atoms with Crippen molar-refractivity contribution < 1.29 is 4.79 Å². The first kappa shape index (κ1) is 16.0. The highest BCUT2D eigenvalue weighted by Crippen LogP contribution is 2.11. The largest absolute Gasteiger partial charge is 0.326 e. The fraction of sp³-hybridized carbons (Fsp3) is 0.250. The van der Waals surface area contributed by atoms with Crippen LogP contribution >= 0.6 is 0 Å². The zero-order valence-electron chi connectivity index (χ0n) is 13.1. The summed E-state index contributed by atoms with van der Waals surface area (Å²) in [6.07, 6.45) is 5.71. The third kappa shape index (κ3) is 5.96. The molecule has 114 valence electrons. The van der Waals surface area contributed by atoms with Crippen LogP contribution in [-0.2, 0) is 11.2 Å². The van der Waals surface area contributed by atoms with Crippen molar-refractivity contribution in [3.05, 3.63) is 77.9 Å². The minimum atomic E-state index is 0.0357. The predicted octanol–water partition coefficient (Wildman–Crippen LogP) is 4.98. The maximum atomic E-state index is 11.9. The number of benzene rings is 2. The number of rotatable bonds is 7. The van der Waals surface area contributed by atoms with Gasteiger partial charge in [0.25, 0.3) is 0 Å². The molecule has 0 bridgehead atoms. The van der Waals surface area contributed by atoms with Crippen molar-refractivity contribution in [2.45, 2.75) is 32.6 Å². The second-order valence-corrected chi connectivity index (χ2v) is 5.51. The topological polar surface area (TPSA) is 29.1 Å². The van der Waals surface area contributed by atoms with Gasteiger partial charge in [-0.3, -0.25) is 4.79 Å². The number of hydrogen-bond acceptors (Lipinski definition) is 1. The van der Waals surface area contributed by atoms with Crippen LogP contribution in [0.4, 0.5) is 5.69 Å². The van der Waals surface area contributed by atoms with Crippen molar-refractivity contribution in [2.24, 2.45) is 0 Å². The molecule has 22 heavy (non-hydrogen) atoms. The van der Waals surface area contributed by atoms with E-state index in [4.69, 9.17) is 0 Å². The molecule has 2 rings (SSSR count). The van der Waals surface area contributed by atoms with Gasteiger partial charge >= 0.3 is 0 Å². The van der Waals surface area contributed by atoms with E-state index in [2.05, 4.69) is 36.5 Å². The number of allylic oxidation sites excluding steroid dienone is 1. The van der Waals surface area contributed by atoms with Crippen molar-refractivity contribution in [1.82, 2.24) is 0 Å². The quantitative estimate of drug-likeness (QED) is 0.716. The van der Waals surface area contributed by atoms with Crippen molar-refractivity contribution >= 4 is 11.6 Å². The first-order valence-electron chi connectivity index (χ1n) is 7.78. The number of aryl methyl sites for hydroxylation is 1. The molecule has 0 saturated heterocycles. The highest BCUT2D eigenvalue weighted by atomic mass is 16.1. The molecular weight excluding hydrogens is 270 g/mol. The van der Waals surface area contributed by atoms with Gasteiger partial charge in [0.05, 0.1) is 0 Å². The van der Waals surface area contributed by atoms with E-state index in [1.165, 1.54) is 11.1 Å². The van der Waals surface area contributed by atoms with Crippen LogP contribution in [0.15, 0.2) is 72.3 Å². The average Bonchev–Trinajstić information content (AvgIpc) is 2.55. The fourth-order valence-electron chi connectivity index (χ4n) is 2.32. The Morgan fingerprint density at radius 3 is 2.32 bits per heavy atom. The third-order valence-electron chi connectivity index (χ3n) is 3.57. The number of nitrogens with one attached hydrogen (secondary N) is 1. The van der Waals surface area contributed by atoms with Gasteiger partial charge in [-0.2, -0.15) is 0 Å². The van der Waals surface area contributed by atoms with Gasteiger partial charge in [-0.15, -0.1) is 0 Å². The summed E-state index contributed by atoms with van der Waals surface area (Å²) in [6, 6.07) is 20.1. The Morgan fingerprint density at radius 2 is 1.64 bits per heavy atom. The van der Waals surface area contributed by atoms with Crippen LogP contribution in [0.3, 0.4) is 0 Å². The number of carbonyl (C=O) groups excluding carboxylic acids is 1. The molecule has 0 unspecified atom stereocenters. The Labute approximate surface area is 132 Å². The van der Waals surface area contributed by atoms with Crippen molar-refractivity contribution in [1.29, 1.82) is 0 Å². The lowest BCUT2D eigenvalue weighted by Gasteiger charge is -2.04. The van der Waals surface area contributed by atoms with Gasteiger partial charge in [-0.25, -0.2) is 0 Å². The number of carbonyl (C=O) groups is 1. The number of hydrogen-bond donors (Lipinski definition) is 1. The van der Waals surface area contributed by atoms with E-state index in [0.717, 1.165) is 24.9 Å². The molecule has 2 aromatic carbocycles. The molecule has 2 heteroatoms. The molecule has 0 saturated carbocycles. The van der Waals surface area contributed by atoms with E-state index in [1.807, 2.05) is 42.5 Å². The minimum absolute atomic E-state index is 0.0357. The Morgan fingerprint density at radius 1 is 1.00 bits per heavy atom. The molecule has 0 aliphatic carbocycles. The first-order valence-corrected chi connectivity index (χ1v) is 7.78. The maximum absolute atomic E-state index is 11.9. The SMILES string of the molecule is C/C(=C\CC(=O)Nc1ccccc1)CCCc1ccccc1. The van der Waals surface area contributed by atoms with Gasteiger partial charge < -0.3 is 5.32 Å². The lowest BCUT2D eigenvalue weighted by Crippen LogP contribution is -2.09. The van der Waals surface area contributed by atoms with Gasteiger partial charge in [-0.05, 0) is 43.9 Å². The number of amides is 1. The van der Waals surface area contributed by atoms with Crippen LogP contribution in [0.5, 0.6) is 0 Å². The van der Waals surface area contributed by atoms with E-state index in [-0.39, 0.29) is 5.91 Å². The van der Waals surface area contributed by atoms with Crippen LogP contribution in [0, 0.1) is 0 Å². The van der Waals surface area contributed by atoms with Gasteiger partial charge in [0.15, 0.2) is 0 Å². The number of anilines is 1. The summed E-state index contributed by atoms with van der Waals surface area (Å²) in [5.41, 5.74) is 3.50. The molecule has 0 heterocycles. The van der Waals surface area contributed by atoms with Crippen molar-refractivity contribution in [3.8, 4) is 0 Å². The molecule has 0 aliphatic heterocycles. The van der Waals surface area contributed by atoms with E-state index in [9.17, 15) is 4.79 Å².